The van der Waals surface area contributed by atoms with Gasteiger partial charge in [0.25, 0.3) is 5.91 Å². The molecule has 1 saturated heterocycles. The Morgan fingerprint density at radius 3 is 2.82 bits per heavy atom. The Balaban J connectivity index is 1.67. The first-order valence-electron chi connectivity index (χ1n) is 9.22. The Morgan fingerprint density at radius 1 is 1.36 bits per heavy atom. The minimum absolute atomic E-state index is 0.00629. The maximum Gasteiger partial charge on any atom is 0.307 e. The second-order valence-corrected chi connectivity index (χ2v) is 7.75. The van der Waals surface area contributed by atoms with E-state index in [1.54, 1.807) is 23.2 Å². The van der Waals surface area contributed by atoms with Crippen molar-refractivity contribution in [2.24, 2.45) is 0 Å². The van der Waals surface area contributed by atoms with Gasteiger partial charge in [-0.1, -0.05) is 12.1 Å². The number of amides is 1. The highest BCUT2D eigenvalue weighted by molar-refractivity contribution is 7.13. The number of halogens is 1. The zero-order valence-corrected chi connectivity index (χ0v) is 16.5. The lowest BCUT2D eigenvalue weighted by atomic mass is 10.2. The minimum atomic E-state index is -0.355. The summed E-state index contributed by atoms with van der Waals surface area (Å²) in [6, 6.07) is 6.23. The molecule has 1 aromatic carbocycles. The predicted octanol–water partition coefficient (Wildman–Crippen LogP) is 3.06. The predicted molar refractivity (Wildman–Crippen MR) is 103 cm³/mol. The van der Waals surface area contributed by atoms with Crippen LogP contribution in [-0.4, -0.2) is 54.7 Å². The van der Waals surface area contributed by atoms with E-state index in [4.69, 9.17) is 9.47 Å². The highest BCUT2D eigenvalue weighted by atomic mass is 32.1. The van der Waals surface area contributed by atoms with Crippen molar-refractivity contribution >= 4 is 23.2 Å². The Kier molecular flexibility index (Phi) is 7.11. The fourth-order valence-electron chi connectivity index (χ4n) is 3.06. The van der Waals surface area contributed by atoms with Crippen LogP contribution in [0.5, 0.6) is 0 Å². The van der Waals surface area contributed by atoms with Gasteiger partial charge in [-0.05, 0) is 30.5 Å². The molecule has 6 nitrogen and oxygen atoms in total. The van der Waals surface area contributed by atoms with Crippen LogP contribution in [0.3, 0.4) is 0 Å². The van der Waals surface area contributed by atoms with Gasteiger partial charge in [0.2, 0.25) is 0 Å². The molecular formula is C20H23FN2O4S. The third kappa shape index (κ3) is 5.59. The summed E-state index contributed by atoms with van der Waals surface area (Å²) >= 11 is 1.31. The number of nitrogens with zero attached hydrogens (tertiary/aromatic N) is 2. The molecule has 2 heterocycles. The fourth-order valence-corrected chi connectivity index (χ4v) is 3.98. The molecule has 3 rings (SSSR count). The average molecular weight is 406 g/mol. The zero-order valence-electron chi connectivity index (χ0n) is 15.7. The van der Waals surface area contributed by atoms with Gasteiger partial charge >= 0.3 is 5.97 Å². The van der Waals surface area contributed by atoms with Crippen LogP contribution in [0.4, 0.5) is 4.39 Å². The van der Waals surface area contributed by atoms with Crippen molar-refractivity contribution in [2.45, 2.75) is 31.8 Å². The molecule has 150 valence electrons. The van der Waals surface area contributed by atoms with Gasteiger partial charge in [-0.2, -0.15) is 0 Å². The number of thiazole rings is 1. The number of methoxy groups -OCH3 is 1. The molecule has 1 unspecified atom stereocenters. The molecule has 0 bridgehead atoms. The monoisotopic (exact) mass is 406 g/mol. The molecule has 0 radical (unpaired) electrons. The first-order chi connectivity index (χ1) is 13.5. The highest BCUT2D eigenvalue weighted by Crippen LogP contribution is 2.21. The number of hydrogen-bond acceptors (Lipinski definition) is 6. The van der Waals surface area contributed by atoms with Gasteiger partial charge in [0.05, 0.1) is 30.8 Å². The van der Waals surface area contributed by atoms with Crippen molar-refractivity contribution in [3.63, 3.8) is 0 Å². The lowest BCUT2D eigenvalue weighted by Crippen LogP contribution is -2.38. The van der Waals surface area contributed by atoms with E-state index in [-0.39, 0.29) is 36.8 Å². The highest BCUT2D eigenvalue weighted by Gasteiger charge is 2.25. The van der Waals surface area contributed by atoms with Crippen molar-refractivity contribution < 1.29 is 23.5 Å². The molecular weight excluding hydrogens is 383 g/mol. The van der Waals surface area contributed by atoms with Gasteiger partial charge < -0.3 is 14.4 Å². The van der Waals surface area contributed by atoms with E-state index in [1.165, 1.54) is 30.6 Å². The summed E-state index contributed by atoms with van der Waals surface area (Å²) in [5.74, 6) is -0.803. The Bertz CT molecular complexity index is 803. The van der Waals surface area contributed by atoms with E-state index >= 15 is 0 Å². The summed E-state index contributed by atoms with van der Waals surface area (Å²) in [6.45, 7) is 1.42. The quantitative estimate of drug-likeness (QED) is 0.631. The van der Waals surface area contributed by atoms with Gasteiger partial charge in [-0.25, -0.2) is 9.37 Å². The molecule has 0 N–H and O–H groups in total. The number of esters is 1. The van der Waals surface area contributed by atoms with E-state index in [0.717, 1.165) is 23.4 Å². The van der Waals surface area contributed by atoms with E-state index in [1.807, 2.05) is 0 Å². The summed E-state index contributed by atoms with van der Waals surface area (Å²) in [4.78, 5) is 31.0. The standard InChI is InChI=1S/C20H23FN2O4S/c1-26-19(24)8-9-23(13-16-3-2-10-27-16)20(25)17-12-22-18(28-17)11-14-4-6-15(21)7-5-14/h4-7,12,16H,2-3,8-11,13H2,1H3. The molecule has 28 heavy (non-hydrogen) atoms. The average Bonchev–Trinajstić information content (AvgIpc) is 3.38. The fraction of sp³-hybridized carbons (Fsp3) is 0.450. The van der Waals surface area contributed by atoms with Crippen molar-refractivity contribution in [3.8, 4) is 0 Å². The molecule has 1 aliphatic rings. The molecule has 1 atom stereocenters. The number of rotatable bonds is 8. The number of carbonyl (C=O) groups is 2. The molecule has 1 aromatic heterocycles. The van der Waals surface area contributed by atoms with Crippen LogP contribution in [0.15, 0.2) is 30.5 Å². The van der Waals surface area contributed by atoms with Gasteiger partial charge in [0.15, 0.2) is 0 Å². The topological polar surface area (TPSA) is 68.7 Å². The Hall–Kier alpha value is -2.32. The first kappa shape index (κ1) is 20.4. The van der Waals surface area contributed by atoms with Crippen LogP contribution >= 0.6 is 11.3 Å². The van der Waals surface area contributed by atoms with Gasteiger partial charge in [-0.3, -0.25) is 9.59 Å². The van der Waals surface area contributed by atoms with Crippen LogP contribution in [0.25, 0.3) is 0 Å². The molecule has 0 spiro atoms. The smallest absolute Gasteiger partial charge is 0.307 e. The van der Waals surface area contributed by atoms with Crippen molar-refractivity contribution in [3.05, 3.63) is 51.7 Å². The Morgan fingerprint density at radius 2 is 2.14 bits per heavy atom. The van der Waals surface area contributed by atoms with E-state index in [9.17, 15) is 14.0 Å². The normalized spacial score (nSPS) is 16.1. The minimum Gasteiger partial charge on any atom is -0.469 e. The zero-order chi connectivity index (χ0) is 19.9. The van der Waals surface area contributed by atoms with Crippen LogP contribution < -0.4 is 0 Å². The van der Waals surface area contributed by atoms with Gasteiger partial charge in [0.1, 0.15) is 10.7 Å². The summed E-state index contributed by atoms with van der Waals surface area (Å²) in [5, 5.41) is 0.778. The largest absolute Gasteiger partial charge is 0.469 e. The number of hydrogen-bond donors (Lipinski definition) is 0. The lowest BCUT2D eigenvalue weighted by molar-refractivity contribution is -0.140. The van der Waals surface area contributed by atoms with Gasteiger partial charge in [-0.15, -0.1) is 11.3 Å². The summed E-state index contributed by atoms with van der Waals surface area (Å²) < 4.78 is 23.4. The number of ether oxygens (including phenoxy) is 2. The maximum atomic E-state index is 13.0. The van der Waals surface area contributed by atoms with Crippen molar-refractivity contribution in [1.82, 2.24) is 9.88 Å². The van der Waals surface area contributed by atoms with Crippen LogP contribution in [0.2, 0.25) is 0 Å². The summed E-state index contributed by atoms with van der Waals surface area (Å²) in [7, 11) is 1.33. The summed E-state index contributed by atoms with van der Waals surface area (Å²) in [6.07, 6.45) is 4.11. The number of benzene rings is 1. The molecule has 8 heteroatoms. The van der Waals surface area contributed by atoms with Crippen LogP contribution in [0.1, 0.15) is 39.5 Å². The second-order valence-electron chi connectivity index (χ2n) is 6.63. The third-order valence-electron chi connectivity index (χ3n) is 4.58. The van der Waals surface area contributed by atoms with E-state index in [0.29, 0.717) is 24.4 Å². The molecule has 1 amide bonds. The lowest BCUT2D eigenvalue weighted by Gasteiger charge is -2.24. The number of aromatic nitrogens is 1. The molecule has 1 fully saturated rings. The summed E-state index contributed by atoms with van der Waals surface area (Å²) in [5.41, 5.74) is 0.927. The third-order valence-corrected chi connectivity index (χ3v) is 5.57. The number of carbonyl (C=O) groups excluding carboxylic acids is 2. The second kappa shape index (κ2) is 9.75. The van der Waals surface area contributed by atoms with E-state index < -0.39 is 0 Å². The Labute approximate surface area is 167 Å². The molecule has 1 aliphatic heterocycles. The first-order valence-corrected chi connectivity index (χ1v) is 10.0. The molecule has 2 aromatic rings. The SMILES string of the molecule is COC(=O)CCN(CC1CCCO1)C(=O)c1cnc(Cc2ccc(F)cc2)s1. The van der Waals surface area contributed by atoms with Crippen molar-refractivity contribution in [2.75, 3.05) is 26.8 Å². The molecule has 0 aliphatic carbocycles. The van der Waals surface area contributed by atoms with E-state index in [2.05, 4.69) is 4.98 Å². The maximum absolute atomic E-state index is 13.0. The van der Waals surface area contributed by atoms with Gasteiger partial charge in [0, 0.05) is 26.1 Å². The van der Waals surface area contributed by atoms with Crippen molar-refractivity contribution in [1.29, 1.82) is 0 Å². The van der Waals surface area contributed by atoms with Crippen LogP contribution in [-0.2, 0) is 20.7 Å². The molecule has 0 saturated carbocycles. The van der Waals surface area contributed by atoms with Crippen LogP contribution in [0, 0.1) is 5.82 Å².